The normalized spacial score (nSPS) is 13.9. The van der Waals surface area contributed by atoms with Crippen molar-refractivity contribution in [3.8, 4) is 0 Å². The Morgan fingerprint density at radius 1 is 1.03 bits per heavy atom. The van der Waals surface area contributed by atoms with Gasteiger partial charge in [-0.3, -0.25) is 14.4 Å². The van der Waals surface area contributed by atoms with Gasteiger partial charge in [-0.25, -0.2) is 0 Å². The Bertz CT molecular complexity index is 1160. The molecule has 1 N–H and O–H groups in total. The summed E-state index contributed by atoms with van der Waals surface area (Å²) in [6.45, 7) is 6.13. The van der Waals surface area contributed by atoms with E-state index in [9.17, 15) is 14.4 Å². The van der Waals surface area contributed by atoms with E-state index in [1.807, 2.05) is 44.2 Å². The molecule has 0 bridgehead atoms. The van der Waals surface area contributed by atoms with E-state index in [1.54, 1.807) is 27.8 Å². The number of para-hydroxylation sites is 1. The van der Waals surface area contributed by atoms with Gasteiger partial charge in [-0.1, -0.05) is 35.9 Å². The van der Waals surface area contributed by atoms with Crippen LogP contribution in [0.5, 0.6) is 0 Å². The summed E-state index contributed by atoms with van der Waals surface area (Å²) < 4.78 is 7.05. The van der Waals surface area contributed by atoms with E-state index in [4.69, 9.17) is 4.74 Å². The van der Waals surface area contributed by atoms with Crippen LogP contribution in [0.4, 0.5) is 5.69 Å². The monoisotopic (exact) mass is 419 g/mol. The maximum atomic E-state index is 13.0. The zero-order valence-corrected chi connectivity index (χ0v) is 17.7. The molecule has 7 heteroatoms. The number of ketones is 1. The van der Waals surface area contributed by atoms with Gasteiger partial charge in [-0.2, -0.15) is 0 Å². The Morgan fingerprint density at radius 3 is 2.52 bits per heavy atom. The first-order valence-corrected chi connectivity index (χ1v) is 10.3. The number of Topliss-reactive ketones (excluding diaryl/α,β-unsaturated/α-hetero) is 1. The molecule has 3 aromatic rings. The molecule has 2 amide bonds. The second-order valence-electron chi connectivity index (χ2n) is 7.78. The molecule has 160 valence electrons. The number of nitrogens with one attached hydrogen (secondary N) is 1. The van der Waals surface area contributed by atoms with Crippen molar-refractivity contribution in [3.05, 3.63) is 65.4 Å². The summed E-state index contributed by atoms with van der Waals surface area (Å²) in [5.74, 6) is -1.37. The van der Waals surface area contributed by atoms with Gasteiger partial charge in [0.15, 0.2) is 0 Å². The molecule has 0 unspecified atom stereocenters. The number of nitrogens with zero attached hydrogens (tertiary/aromatic N) is 2. The quantitative estimate of drug-likeness (QED) is 0.509. The molecule has 1 fully saturated rings. The topological polar surface area (TPSA) is 80.6 Å². The van der Waals surface area contributed by atoms with Crippen LogP contribution >= 0.6 is 0 Å². The molecule has 0 aliphatic carbocycles. The predicted molar refractivity (Wildman–Crippen MR) is 118 cm³/mol. The molecule has 4 rings (SSSR count). The van der Waals surface area contributed by atoms with Crippen LogP contribution in [0.3, 0.4) is 0 Å². The first kappa shape index (κ1) is 20.8. The van der Waals surface area contributed by atoms with Crippen molar-refractivity contribution in [2.75, 3.05) is 31.6 Å². The van der Waals surface area contributed by atoms with Crippen molar-refractivity contribution in [1.29, 1.82) is 0 Å². The third-order valence-electron chi connectivity index (χ3n) is 5.54. The fourth-order valence-corrected chi connectivity index (χ4v) is 3.87. The van der Waals surface area contributed by atoms with Crippen LogP contribution in [0.15, 0.2) is 48.7 Å². The molecular formula is C24H25N3O4. The highest BCUT2D eigenvalue weighted by Crippen LogP contribution is 2.23. The Morgan fingerprint density at radius 2 is 1.77 bits per heavy atom. The van der Waals surface area contributed by atoms with E-state index in [0.717, 1.165) is 16.6 Å². The van der Waals surface area contributed by atoms with Crippen LogP contribution in [-0.4, -0.2) is 53.4 Å². The minimum Gasteiger partial charge on any atom is -0.378 e. The molecule has 1 aliphatic rings. The number of anilines is 1. The van der Waals surface area contributed by atoms with Crippen molar-refractivity contribution < 1.29 is 19.1 Å². The van der Waals surface area contributed by atoms with E-state index in [-0.39, 0.29) is 18.0 Å². The summed E-state index contributed by atoms with van der Waals surface area (Å²) >= 11 is 0. The highest BCUT2D eigenvalue weighted by Gasteiger charge is 2.24. The molecule has 1 aliphatic heterocycles. The minimum absolute atomic E-state index is 0.0391. The van der Waals surface area contributed by atoms with Crippen molar-refractivity contribution in [2.45, 2.75) is 20.4 Å². The third kappa shape index (κ3) is 4.36. The van der Waals surface area contributed by atoms with Gasteiger partial charge in [-0.15, -0.1) is 0 Å². The Labute approximate surface area is 180 Å². The molecule has 1 saturated heterocycles. The third-order valence-corrected chi connectivity index (χ3v) is 5.54. The Hall–Kier alpha value is -3.45. The van der Waals surface area contributed by atoms with Crippen LogP contribution in [0.25, 0.3) is 10.9 Å². The van der Waals surface area contributed by atoms with E-state index < -0.39 is 11.7 Å². The fraction of sp³-hybridized carbons (Fsp3) is 0.292. The highest BCUT2D eigenvalue weighted by atomic mass is 16.5. The van der Waals surface area contributed by atoms with Gasteiger partial charge in [0.05, 0.1) is 18.8 Å². The van der Waals surface area contributed by atoms with Gasteiger partial charge >= 0.3 is 0 Å². The van der Waals surface area contributed by atoms with Crippen LogP contribution in [0, 0.1) is 13.8 Å². The average Bonchev–Trinajstić information content (AvgIpc) is 3.14. The fourth-order valence-electron chi connectivity index (χ4n) is 3.87. The van der Waals surface area contributed by atoms with Gasteiger partial charge in [0, 0.05) is 35.9 Å². The Kier molecular flexibility index (Phi) is 5.86. The molecule has 0 saturated carbocycles. The smallest absolute Gasteiger partial charge is 0.296 e. The number of hydrogen-bond donors (Lipinski definition) is 1. The maximum Gasteiger partial charge on any atom is 0.296 e. The lowest BCUT2D eigenvalue weighted by Crippen LogP contribution is -2.42. The van der Waals surface area contributed by atoms with Crippen LogP contribution in [-0.2, 0) is 20.9 Å². The van der Waals surface area contributed by atoms with Gasteiger partial charge < -0.3 is 19.5 Å². The van der Waals surface area contributed by atoms with Crippen molar-refractivity contribution in [2.24, 2.45) is 0 Å². The van der Waals surface area contributed by atoms with E-state index >= 15 is 0 Å². The minimum atomic E-state index is -0.700. The molecule has 0 radical (unpaired) electrons. The molecular weight excluding hydrogens is 394 g/mol. The number of carbonyl (C=O) groups is 3. The van der Waals surface area contributed by atoms with Crippen LogP contribution in [0.1, 0.15) is 21.5 Å². The molecule has 2 aromatic carbocycles. The van der Waals surface area contributed by atoms with Crippen molar-refractivity contribution >= 4 is 34.2 Å². The maximum absolute atomic E-state index is 13.0. The van der Waals surface area contributed by atoms with Crippen LogP contribution in [0.2, 0.25) is 0 Å². The first-order chi connectivity index (χ1) is 14.9. The molecule has 31 heavy (non-hydrogen) atoms. The number of ether oxygens (including phenoxy) is 1. The van der Waals surface area contributed by atoms with Crippen LogP contribution < -0.4 is 5.32 Å². The summed E-state index contributed by atoms with van der Waals surface area (Å²) in [5, 5.41) is 3.37. The summed E-state index contributed by atoms with van der Waals surface area (Å²) in [7, 11) is 0. The average molecular weight is 419 g/mol. The summed E-state index contributed by atoms with van der Waals surface area (Å²) in [6, 6.07) is 12.9. The predicted octanol–water partition coefficient (Wildman–Crippen LogP) is 2.94. The van der Waals surface area contributed by atoms with Gasteiger partial charge in [-0.05, 0) is 31.5 Å². The summed E-state index contributed by atoms with van der Waals surface area (Å²) in [5.41, 5.74) is 3.60. The number of rotatable bonds is 5. The van der Waals surface area contributed by atoms with Gasteiger partial charge in [0.2, 0.25) is 5.91 Å². The summed E-state index contributed by atoms with van der Waals surface area (Å²) in [6.07, 6.45) is 1.60. The SMILES string of the molecule is Cc1ccc(NC(=O)C(=O)c2cn(CC(=O)N3CCOCC3)c3ccccc23)c(C)c1. The number of fused-ring (bicyclic) bond motifs is 1. The second-order valence-corrected chi connectivity index (χ2v) is 7.78. The Balaban J connectivity index is 1.59. The number of amides is 2. The number of morpholine rings is 1. The standard InChI is InChI=1S/C24H25N3O4/c1-16-7-8-20(17(2)13-16)25-24(30)23(29)19-14-27(21-6-4-3-5-18(19)21)15-22(28)26-9-11-31-12-10-26/h3-8,13-14H,9-12,15H2,1-2H3,(H,25,30). The van der Waals surface area contributed by atoms with Gasteiger partial charge in [0.1, 0.15) is 6.54 Å². The largest absolute Gasteiger partial charge is 0.378 e. The number of aromatic nitrogens is 1. The number of aryl methyl sites for hydroxylation is 2. The lowest BCUT2D eigenvalue weighted by molar-refractivity contribution is -0.135. The lowest BCUT2D eigenvalue weighted by Gasteiger charge is -2.27. The van der Waals surface area contributed by atoms with E-state index in [2.05, 4.69) is 5.32 Å². The first-order valence-electron chi connectivity index (χ1n) is 10.3. The molecule has 0 spiro atoms. The zero-order chi connectivity index (χ0) is 22.0. The lowest BCUT2D eigenvalue weighted by atomic mass is 10.1. The second kappa shape index (κ2) is 8.73. The zero-order valence-electron chi connectivity index (χ0n) is 17.7. The summed E-state index contributed by atoms with van der Waals surface area (Å²) in [4.78, 5) is 40.2. The van der Waals surface area contributed by atoms with E-state index in [0.29, 0.717) is 37.4 Å². The van der Waals surface area contributed by atoms with Gasteiger partial charge in [0.25, 0.3) is 11.7 Å². The molecule has 0 atom stereocenters. The number of carbonyl (C=O) groups excluding carboxylic acids is 3. The van der Waals surface area contributed by atoms with Crippen molar-refractivity contribution in [3.63, 3.8) is 0 Å². The molecule has 2 heterocycles. The number of hydrogen-bond acceptors (Lipinski definition) is 4. The van der Waals surface area contributed by atoms with E-state index in [1.165, 1.54) is 0 Å². The number of benzene rings is 2. The highest BCUT2D eigenvalue weighted by molar-refractivity contribution is 6.48. The molecule has 7 nitrogen and oxygen atoms in total. The van der Waals surface area contributed by atoms with Crippen molar-refractivity contribution in [1.82, 2.24) is 9.47 Å². The molecule has 1 aromatic heterocycles.